The van der Waals surface area contributed by atoms with Crippen LogP contribution < -0.4 is 5.32 Å². The Morgan fingerprint density at radius 1 is 1.30 bits per heavy atom. The molecule has 114 valence electrons. The molecule has 0 unspecified atom stereocenters. The van der Waals surface area contributed by atoms with Crippen LogP contribution in [-0.2, 0) is 16.6 Å². The summed E-state index contributed by atoms with van der Waals surface area (Å²) in [4.78, 5) is 4.33. The van der Waals surface area contributed by atoms with Gasteiger partial charge >= 0.3 is 0 Å². The normalized spacial score (nSPS) is 12.0. The molecule has 1 aromatic heterocycles. The largest absolute Gasteiger partial charge is 0.317 e. The number of sulfonamides is 1. The summed E-state index contributed by atoms with van der Waals surface area (Å²) in [6, 6.07) is 5.65. The Balaban J connectivity index is 2.46. The van der Waals surface area contributed by atoms with Crippen LogP contribution in [0.1, 0.15) is 31.2 Å². The number of hydrogen-bond donors (Lipinski definition) is 1. The number of nitrogens with zero attached hydrogens (tertiary/aromatic N) is 2. The van der Waals surface area contributed by atoms with Gasteiger partial charge in [0.25, 0.3) is 0 Å². The van der Waals surface area contributed by atoms with Crippen molar-refractivity contribution in [2.24, 2.45) is 0 Å². The number of aryl methyl sites for hydroxylation is 1. The van der Waals surface area contributed by atoms with Crippen LogP contribution in [0.5, 0.6) is 0 Å². The van der Waals surface area contributed by atoms with E-state index in [1.165, 1.54) is 4.31 Å². The van der Waals surface area contributed by atoms with Gasteiger partial charge in [-0.3, -0.25) is 4.98 Å². The van der Waals surface area contributed by atoms with Crippen LogP contribution in [0.4, 0.5) is 0 Å². The molecule has 0 bridgehead atoms. The van der Waals surface area contributed by atoms with Crippen molar-refractivity contribution in [3.63, 3.8) is 0 Å². The van der Waals surface area contributed by atoms with Crippen molar-refractivity contribution in [1.82, 2.24) is 14.6 Å². The summed E-state index contributed by atoms with van der Waals surface area (Å²) in [5.41, 5.74) is 1.68. The van der Waals surface area contributed by atoms with Crippen LogP contribution in [0, 0.1) is 6.92 Å². The lowest BCUT2D eigenvalue weighted by Gasteiger charge is -2.17. The molecule has 0 amide bonds. The minimum Gasteiger partial charge on any atom is -0.317 e. The maximum atomic E-state index is 12.1. The van der Waals surface area contributed by atoms with Crippen molar-refractivity contribution in [2.75, 3.05) is 25.9 Å². The minimum absolute atomic E-state index is 0.195. The quantitative estimate of drug-likeness (QED) is 0.703. The molecular formula is C14H25N3O2S. The lowest BCUT2D eigenvalue weighted by atomic mass is 10.3. The first-order valence-corrected chi connectivity index (χ1v) is 8.64. The molecule has 0 aliphatic rings. The Morgan fingerprint density at radius 2 is 2.05 bits per heavy atom. The number of rotatable bonds is 9. The Bertz CT molecular complexity index is 503. The summed E-state index contributed by atoms with van der Waals surface area (Å²) in [7, 11) is -1.58. The predicted molar refractivity (Wildman–Crippen MR) is 82.0 cm³/mol. The van der Waals surface area contributed by atoms with Crippen molar-refractivity contribution in [1.29, 1.82) is 0 Å². The Hall–Kier alpha value is -0.980. The molecule has 0 aliphatic heterocycles. The first-order valence-electron chi connectivity index (χ1n) is 7.03. The van der Waals surface area contributed by atoms with E-state index in [2.05, 4.69) is 10.3 Å². The zero-order valence-electron chi connectivity index (χ0n) is 12.6. The van der Waals surface area contributed by atoms with Crippen molar-refractivity contribution in [3.05, 3.63) is 29.6 Å². The molecule has 0 aliphatic carbocycles. The monoisotopic (exact) mass is 299 g/mol. The van der Waals surface area contributed by atoms with Crippen LogP contribution in [0.3, 0.4) is 0 Å². The van der Waals surface area contributed by atoms with E-state index in [9.17, 15) is 8.42 Å². The summed E-state index contributed by atoms with van der Waals surface area (Å²) in [5, 5.41) is 3.19. The SMILES string of the molecule is CCNCCCCS(=O)(=O)N(C)Cc1cccc(C)n1. The van der Waals surface area contributed by atoms with Crippen molar-refractivity contribution in [2.45, 2.75) is 33.2 Å². The first-order chi connectivity index (χ1) is 9.45. The molecule has 0 radical (unpaired) electrons. The molecule has 5 nitrogen and oxygen atoms in total. The Morgan fingerprint density at radius 3 is 2.70 bits per heavy atom. The van der Waals surface area contributed by atoms with Gasteiger partial charge in [0.05, 0.1) is 18.0 Å². The standard InChI is InChI=1S/C14H25N3O2S/c1-4-15-10-5-6-11-20(18,19)17(3)12-14-9-7-8-13(2)16-14/h7-9,15H,4-6,10-12H2,1-3H3. The molecule has 0 spiro atoms. The second-order valence-corrected chi connectivity index (χ2v) is 7.10. The third-order valence-electron chi connectivity index (χ3n) is 3.06. The number of aromatic nitrogens is 1. The fourth-order valence-corrected chi connectivity index (χ4v) is 3.09. The number of unbranched alkanes of at least 4 members (excludes halogenated alkanes) is 1. The summed E-state index contributed by atoms with van der Waals surface area (Å²) >= 11 is 0. The molecule has 1 rings (SSSR count). The maximum absolute atomic E-state index is 12.1. The molecule has 1 aromatic rings. The third-order valence-corrected chi connectivity index (χ3v) is 4.94. The lowest BCUT2D eigenvalue weighted by molar-refractivity contribution is 0.459. The van der Waals surface area contributed by atoms with Gasteiger partial charge in [-0.1, -0.05) is 13.0 Å². The second kappa shape index (κ2) is 8.34. The van der Waals surface area contributed by atoms with E-state index >= 15 is 0 Å². The fraction of sp³-hybridized carbons (Fsp3) is 0.643. The van der Waals surface area contributed by atoms with E-state index in [4.69, 9.17) is 0 Å². The van der Waals surface area contributed by atoms with Crippen LogP contribution in [0.2, 0.25) is 0 Å². The average molecular weight is 299 g/mol. The zero-order chi connectivity index (χ0) is 15.0. The smallest absolute Gasteiger partial charge is 0.214 e. The topological polar surface area (TPSA) is 62.3 Å². The van der Waals surface area contributed by atoms with E-state index in [0.29, 0.717) is 13.0 Å². The summed E-state index contributed by atoms with van der Waals surface area (Å²) in [6.07, 6.45) is 1.56. The van der Waals surface area contributed by atoms with Crippen LogP contribution >= 0.6 is 0 Å². The van der Waals surface area contributed by atoms with E-state index in [1.54, 1.807) is 7.05 Å². The van der Waals surface area contributed by atoms with Gasteiger partial charge in [-0.05, 0) is 45.0 Å². The van der Waals surface area contributed by atoms with Crippen LogP contribution in [-0.4, -0.2) is 43.6 Å². The second-order valence-electron chi connectivity index (χ2n) is 4.90. The lowest BCUT2D eigenvalue weighted by Crippen LogP contribution is -2.29. The Labute approximate surface area is 122 Å². The summed E-state index contributed by atoms with van der Waals surface area (Å²) in [5.74, 6) is 0.195. The van der Waals surface area contributed by atoms with Gasteiger partial charge in [0.2, 0.25) is 10.0 Å². The Kier molecular flexibility index (Phi) is 7.12. The van der Waals surface area contributed by atoms with Gasteiger partial charge in [0.15, 0.2) is 0 Å². The van der Waals surface area contributed by atoms with E-state index in [-0.39, 0.29) is 5.75 Å². The highest BCUT2D eigenvalue weighted by Crippen LogP contribution is 2.08. The highest BCUT2D eigenvalue weighted by molar-refractivity contribution is 7.89. The number of hydrogen-bond acceptors (Lipinski definition) is 4. The molecule has 20 heavy (non-hydrogen) atoms. The molecule has 0 saturated heterocycles. The average Bonchev–Trinajstić information content (AvgIpc) is 2.38. The van der Waals surface area contributed by atoms with Crippen LogP contribution in [0.25, 0.3) is 0 Å². The molecular weight excluding hydrogens is 274 g/mol. The van der Waals surface area contributed by atoms with Crippen molar-refractivity contribution in [3.8, 4) is 0 Å². The molecule has 0 atom stereocenters. The number of nitrogens with one attached hydrogen (secondary N) is 1. The van der Waals surface area contributed by atoms with Gasteiger partial charge in [0, 0.05) is 12.7 Å². The molecule has 1 N–H and O–H groups in total. The molecule has 0 aromatic carbocycles. The van der Waals surface area contributed by atoms with E-state index < -0.39 is 10.0 Å². The number of pyridine rings is 1. The highest BCUT2D eigenvalue weighted by Gasteiger charge is 2.17. The summed E-state index contributed by atoms with van der Waals surface area (Å²) < 4.78 is 25.7. The van der Waals surface area contributed by atoms with E-state index in [0.717, 1.165) is 30.9 Å². The van der Waals surface area contributed by atoms with Gasteiger partial charge in [-0.2, -0.15) is 4.31 Å². The maximum Gasteiger partial charge on any atom is 0.214 e. The van der Waals surface area contributed by atoms with Gasteiger partial charge in [-0.25, -0.2) is 8.42 Å². The van der Waals surface area contributed by atoms with Gasteiger partial charge in [0.1, 0.15) is 0 Å². The fourth-order valence-electron chi connectivity index (χ4n) is 1.88. The molecule has 1 heterocycles. The third kappa shape index (κ3) is 5.98. The van der Waals surface area contributed by atoms with Crippen molar-refractivity contribution < 1.29 is 8.42 Å². The van der Waals surface area contributed by atoms with Gasteiger partial charge < -0.3 is 5.32 Å². The van der Waals surface area contributed by atoms with E-state index in [1.807, 2.05) is 32.0 Å². The van der Waals surface area contributed by atoms with Crippen LogP contribution in [0.15, 0.2) is 18.2 Å². The summed E-state index contributed by atoms with van der Waals surface area (Å²) in [6.45, 7) is 6.07. The highest BCUT2D eigenvalue weighted by atomic mass is 32.2. The predicted octanol–water partition coefficient (Wildman–Crippen LogP) is 1.54. The van der Waals surface area contributed by atoms with Crippen molar-refractivity contribution >= 4 is 10.0 Å². The van der Waals surface area contributed by atoms with Gasteiger partial charge in [-0.15, -0.1) is 0 Å². The molecule has 0 fully saturated rings. The molecule has 0 saturated carbocycles. The minimum atomic E-state index is -3.19. The zero-order valence-corrected chi connectivity index (χ0v) is 13.4. The first kappa shape index (κ1) is 17.1. The molecule has 6 heteroatoms.